The molecule has 3 rings (SSSR count). The molecule has 0 spiro atoms. The molecule has 1 aliphatic heterocycles. The second-order valence-electron chi connectivity index (χ2n) is 4.77. The third-order valence-electron chi connectivity index (χ3n) is 3.40. The van der Waals surface area contributed by atoms with Gasteiger partial charge in [0, 0.05) is 31.3 Å². The van der Waals surface area contributed by atoms with Gasteiger partial charge >= 0.3 is 0 Å². The minimum absolute atomic E-state index is 0.0285. The van der Waals surface area contributed by atoms with E-state index >= 15 is 0 Å². The molecule has 0 amide bonds. The normalized spacial score (nSPS) is 17.8. The summed E-state index contributed by atoms with van der Waals surface area (Å²) in [5, 5.41) is 1.81. The number of anilines is 1. The van der Waals surface area contributed by atoms with E-state index in [4.69, 9.17) is 10.5 Å². The van der Waals surface area contributed by atoms with Crippen LogP contribution in [0.5, 0.6) is 0 Å². The van der Waals surface area contributed by atoms with Gasteiger partial charge in [0.05, 0.1) is 0 Å². The molecular weight excluding hydrogens is 300 g/mol. The van der Waals surface area contributed by atoms with Gasteiger partial charge in [-0.15, -0.1) is 11.3 Å². The predicted octanol–water partition coefficient (Wildman–Crippen LogP) is 0.683. The largest absolute Gasteiger partial charge is 0.381 e. The summed E-state index contributed by atoms with van der Waals surface area (Å²) < 4.78 is 34.2. The number of nitrogens with one attached hydrogen (secondary N) is 1. The van der Waals surface area contributed by atoms with Crippen molar-refractivity contribution in [3.8, 4) is 0 Å². The van der Waals surface area contributed by atoms with Gasteiger partial charge in [0.25, 0.3) is 10.0 Å². The third-order valence-corrected chi connectivity index (χ3v) is 5.62. The number of nitrogens with zero attached hydrogens (tertiary/aromatic N) is 2. The zero-order valence-electron chi connectivity index (χ0n) is 10.8. The third kappa shape index (κ3) is 2.53. The smallest absolute Gasteiger partial charge is 0.260 e. The number of hydrogen-bond acceptors (Lipinski definition) is 6. The van der Waals surface area contributed by atoms with E-state index in [1.165, 1.54) is 15.7 Å². The van der Waals surface area contributed by atoms with Gasteiger partial charge in [0.2, 0.25) is 0 Å². The summed E-state index contributed by atoms with van der Waals surface area (Å²) in [7, 11) is -3.65. The van der Waals surface area contributed by atoms with Crippen LogP contribution >= 0.6 is 11.3 Å². The molecule has 0 aliphatic carbocycles. The Morgan fingerprint density at radius 3 is 3.00 bits per heavy atom. The lowest BCUT2D eigenvalue weighted by Gasteiger charge is -2.22. The maximum absolute atomic E-state index is 12.4. The molecule has 0 aromatic carbocycles. The van der Waals surface area contributed by atoms with E-state index in [2.05, 4.69) is 9.71 Å². The highest BCUT2D eigenvalue weighted by Crippen LogP contribution is 2.23. The number of imidazole rings is 1. The highest BCUT2D eigenvalue weighted by Gasteiger charge is 2.25. The van der Waals surface area contributed by atoms with Crippen molar-refractivity contribution in [2.75, 3.05) is 25.5 Å². The summed E-state index contributed by atoms with van der Waals surface area (Å²) in [6.45, 7) is 1.79. The van der Waals surface area contributed by atoms with Gasteiger partial charge in [0.15, 0.2) is 15.8 Å². The monoisotopic (exact) mass is 316 g/mol. The van der Waals surface area contributed by atoms with Gasteiger partial charge in [-0.1, -0.05) is 0 Å². The molecule has 0 bridgehead atoms. The van der Waals surface area contributed by atoms with Crippen molar-refractivity contribution in [2.45, 2.75) is 17.9 Å². The molecule has 20 heavy (non-hydrogen) atoms. The molecule has 9 heteroatoms. The molecule has 0 radical (unpaired) electrons. The number of rotatable bonds is 4. The second-order valence-corrected chi connectivity index (χ2v) is 7.32. The molecule has 1 saturated heterocycles. The first-order chi connectivity index (χ1) is 9.58. The fourth-order valence-corrected chi connectivity index (χ4v) is 4.39. The summed E-state index contributed by atoms with van der Waals surface area (Å²) in [6.07, 6.45) is 3.41. The summed E-state index contributed by atoms with van der Waals surface area (Å²) in [5.74, 6) is 0.349. The fourth-order valence-electron chi connectivity index (χ4n) is 2.30. The standard InChI is InChI=1S/C11H16N4O3S2/c12-9-10(15-3-6-19-11(15)14-9)20(16,17)13-7-8-1-4-18-5-2-8/h3,6,8,13H,1-2,4-5,7,12H2. The van der Waals surface area contributed by atoms with Crippen LogP contribution in [0.25, 0.3) is 4.96 Å². The molecule has 0 unspecified atom stereocenters. The molecule has 0 saturated carbocycles. The fraction of sp³-hybridized carbons (Fsp3) is 0.545. The highest BCUT2D eigenvalue weighted by atomic mass is 32.2. The number of thiazole rings is 1. The van der Waals surface area contributed by atoms with Crippen molar-refractivity contribution >= 4 is 32.1 Å². The molecule has 1 fully saturated rings. The van der Waals surface area contributed by atoms with Gasteiger partial charge < -0.3 is 10.5 Å². The number of fused-ring (bicyclic) bond motifs is 1. The first kappa shape index (κ1) is 13.8. The lowest BCUT2D eigenvalue weighted by molar-refractivity contribution is 0.0678. The van der Waals surface area contributed by atoms with E-state index in [-0.39, 0.29) is 10.8 Å². The van der Waals surface area contributed by atoms with Gasteiger partial charge in [-0.05, 0) is 18.8 Å². The first-order valence-corrected chi connectivity index (χ1v) is 8.72. The lowest BCUT2D eigenvalue weighted by Crippen LogP contribution is -2.33. The van der Waals surface area contributed by atoms with Crippen LogP contribution in [0.2, 0.25) is 0 Å². The molecule has 2 aromatic rings. The molecular formula is C11H16N4O3S2. The van der Waals surface area contributed by atoms with Crippen LogP contribution in [0, 0.1) is 5.92 Å². The van der Waals surface area contributed by atoms with Crippen molar-refractivity contribution in [3.63, 3.8) is 0 Å². The SMILES string of the molecule is Nc1nc2sccn2c1S(=O)(=O)NCC1CCOCC1. The predicted molar refractivity (Wildman–Crippen MR) is 76.2 cm³/mol. The summed E-state index contributed by atoms with van der Waals surface area (Å²) in [4.78, 5) is 4.63. The van der Waals surface area contributed by atoms with E-state index in [9.17, 15) is 8.42 Å². The van der Waals surface area contributed by atoms with Gasteiger partial charge in [-0.3, -0.25) is 4.40 Å². The number of nitrogens with two attached hydrogens (primary N) is 1. The number of aromatic nitrogens is 2. The topological polar surface area (TPSA) is 98.7 Å². The Morgan fingerprint density at radius 1 is 1.50 bits per heavy atom. The molecule has 3 heterocycles. The van der Waals surface area contributed by atoms with Gasteiger partial charge in [0.1, 0.15) is 0 Å². The molecule has 7 nitrogen and oxygen atoms in total. The van der Waals surface area contributed by atoms with Crippen LogP contribution in [0.4, 0.5) is 5.82 Å². The lowest BCUT2D eigenvalue weighted by atomic mass is 10.0. The maximum Gasteiger partial charge on any atom is 0.260 e. The quantitative estimate of drug-likeness (QED) is 0.864. The minimum atomic E-state index is -3.65. The Bertz CT molecular complexity index is 700. The first-order valence-electron chi connectivity index (χ1n) is 6.36. The number of ether oxygens (including phenoxy) is 1. The second kappa shape index (κ2) is 5.32. The molecule has 1 aliphatic rings. The summed E-state index contributed by atoms with van der Waals surface area (Å²) in [6, 6.07) is 0. The highest BCUT2D eigenvalue weighted by molar-refractivity contribution is 7.89. The van der Waals surface area contributed by atoms with Crippen LogP contribution < -0.4 is 10.5 Å². The van der Waals surface area contributed by atoms with E-state index in [1.807, 2.05) is 0 Å². The van der Waals surface area contributed by atoms with Crippen molar-refractivity contribution in [1.29, 1.82) is 0 Å². The molecule has 2 aromatic heterocycles. The van der Waals surface area contributed by atoms with E-state index in [0.29, 0.717) is 30.6 Å². The van der Waals surface area contributed by atoms with Crippen molar-refractivity contribution in [1.82, 2.24) is 14.1 Å². The van der Waals surface area contributed by atoms with Gasteiger partial charge in [-0.25, -0.2) is 18.1 Å². The average molecular weight is 316 g/mol. The van der Waals surface area contributed by atoms with Crippen LogP contribution in [0.1, 0.15) is 12.8 Å². The molecule has 110 valence electrons. The molecule has 0 atom stereocenters. The van der Waals surface area contributed by atoms with Crippen molar-refractivity contribution in [3.05, 3.63) is 11.6 Å². The Morgan fingerprint density at radius 2 is 2.25 bits per heavy atom. The summed E-state index contributed by atoms with van der Waals surface area (Å²) in [5.41, 5.74) is 5.73. The van der Waals surface area contributed by atoms with Crippen LogP contribution in [0.15, 0.2) is 16.6 Å². The molecule has 3 N–H and O–H groups in total. The van der Waals surface area contributed by atoms with Crippen molar-refractivity contribution < 1.29 is 13.2 Å². The Hall–Kier alpha value is -1.16. The number of sulfonamides is 1. The average Bonchev–Trinajstić information content (AvgIpc) is 2.97. The maximum atomic E-state index is 12.4. The number of nitrogen functional groups attached to an aromatic ring is 1. The Kier molecular flexibility index (Phi) is 3.67. The van der Waals surface area contributed by atoms with Crippen molar-refractivity contribution in [2.24, 2.45) is 5.92 Å². The zero-order chi connectivity index (χ0) is 14.2. The van der Waals surface area contributed by atoms with Gasteiger partial charge in [-0.2, -0.15) is 0 Å². The van der Waals surface area contributed by atoms with E-state index in [1.54, 1.807) is 11.6 Å². The summed E-state index contributed by atoms with van der Waals surface area (Å²) >= 11 is 1.35. The van der Waals surface area contributed by atoms with Crippen LogP contribution in [0.3, 0.4) is 0 Å². The number of hydrogen-bond donors (Lipinski definition) is 2. The van der Waals surface area contributed by atoms with Crippen LogP contribution in [-0.2, 0) is 14.8 Å². The Labute approximate surface area is 120 Å². The van der Waals surface area contributed by atoms with E-state index in [0.717, 1.165) is 12.8 Å². The Balaban J connectivity index is 1.80. The van der Waals surface area contributed by atoms with Crippen LogP contribution in [-0.4, -0.2) is 37.6 Å². The minimum Gasteiger partial charge on any atom is -0.381 e. The van der Waals surface area contributed by atoms with E-state index < -0.39 is 10.0 Å². The zero-order valence-corrected chi connectivity index (χ0v) is 12.4.